The molecule has 0 aliphatic carbocycles. The molecule has 0 aliphatic rings. The highest BCUT2D eigenvalue weighted by atomic mass is 16.3. The Morgan fingerprint density at radius 2 is 1.38 bits per heavy atom. The Labute approximate surface area is 173 Å². The molecule has 0 spiro atoms. The van der Waals surface area contributed by atoms with Crippen LogP contribution in [-0.2, 0) is 0 Å². The van der Waals surface area contributed by atoms with Crippen LogP contribution in [0.3, 0.4) is 0 Å². The van der Waals surface area contributed by atoms with Crippen molar-refractivity contribution in [1.82, 2.24) is 0 Å². The quantitative estimate of drug-likeness (QED) is 0.427. The number of nitrogens with one attached hydrogen (secondary N) is 1. The van der Waals surface area contributed by atoms with Gasteiger partial charge < -0.3 is 15.5 Å². The summed E-state index contributed by atoms with van der Waals surface area (Å²) in [5.74, 6) is 0.268. The fourth-order valence-corrected chi connectivity index (χ4v) is 2.60. The maximum absolute atomic E-state index is 10.2. The molecule has 0 bridgehead atoms. The van der Waals surface area contributed by atoms with Gasteiger partial charge in [-0.05, 0) is 43.7 Å². The van der Waals surface area contributed by atoms with Crippen LogP contribution in [0.15, 0.2) is 104 Å². The number of hydrogen-bond acceptors (Lipinski definition) is 3. The van der Waals surface area contributed by atoms with Gasteiger partial charge in [0.2, 0.25) is 0 Å². The van der Waals surface area contributed by atoms with Crippen molar-refractivity contribution in [3.05, 3.63) is 115 Å². The Bertz CT molecular complexity index is 989. The second-order valence-electron chi connectivity index (χ2n) is 6.53. The summed E-state index contributed by atoms with van der Waals surface area (Å²) >= 11 is 0. The summed E-state index contributed by atoms with van der Waals surface area (Å²) in [5, 5.41) is 23.2. The van der Waals surface area contributed by atoms with Gasteiger partial charge in [-0.2, -0.15) is 0 Å². The average Bonchev–Trinajstić information content (AvgIpc) is 2.70. The van der Waals surface area contributed by atoms with Crippen LogP contribution in [0.5, 0.6) is 11.5 Å². The number of rotatable bonds is 5. The Morgan fingerprint density at radius 3 is 1.93 bits per heavy atom. The van der Waals surface area contributed by atoms with Gasteiger partial charge in [-0.1, -0.05) is 72.8 Å². The zero-order chi connectivity index (χ0) is 21.1. The number of aryl methyl sites for hydroxylation is 2. The maximum Gasteiger partial charge on any atom is 0.125 e. The van der Waals surface area contributed by atoms with E-state index in [1.54, 1.807) is 36.5 Å². The van der Waals surface area contributed by atoms with Crippen LogP contribution in [0, 0.1) is 13.8 Å². The van der Waals surface area contributed by atoms with E-state index in [-0.39, 0.29) is 11.5 Å². The second-order valence-corrected chi connectivity index (χ2v) is 6.53. The van der Waals surface area contributed by atoms with Gasteiger partial charge in [-0.3, -0.25) is 0 Å². The SMILES string of the molecule is C=C/C=C\C=C/Nc1ccc(-c2ccc(C)cc2O)c(O)c1.Cc1ccccc1. The Morgan fingerprint density at radius 1 is 0.724 bits per heavy atom. The summed E-state index contributed by atoms with van der Waals surface area (Å²) in [6.45, 7) is 7.57. The first-order chi connectivity index (χ1) is 14.0. The topological polar surface area (TPSA) is 52.5 Å². The summed E-state index contributed by atoms with van der Waals surface area (Å²) in [5.41, 5.74) is 4.26. The standard InChI is InChI=1S/C19H19NO2.C7H8/c1-3-4-5-6-11-20-15-8-10-17(19(22)13-15)16-9-7-14(2)12-18(16)21;1-7-5-3-2-4-6-7/h3-13,20-22H,1H2,2H3;2-6H,1H3/b5-4-,11-6-;. The monoisotopic (exact) mass is 385 g/mol. The van der Waals surface area contributed by atoms with Gasteiger partial charge >= 0.3 is 0 Å². The first-order valence-corrected chi connectivity index (χ1v) is 9.36. The maximum atomic E-state index is 10.2. The van der Waals surface area contributed by atoms with Crippen LogP contribution in [0.25, 0.3) is 11.1 Å². The summed E-state index contributed by atoms with van der Waals surface area (Å²) in [4.78, 5) is 0. The molecule has 0 aromatic heterocycles. The molecule has 0 heterocycles. The molecule has 3 aromatic carbocycles. The van der Waals surface area contributed by atoms with E-state index in [9.17, 15) is 10.2 Å². The average molecular weight is 386 g/mol. The lowest BCUT2D eigenvalue weighted by Gasteiger charge is -2.10. The first-order valence-electron chi connectivity index (χ1n) is 9.36. The third-order valence-corrected chi connectivity index (χ3v) is 4.09. The molecule has 0 amide bonds. The van der Waals surface area contributed by atoms with Gasteiger partial charge in [-0.15, -0.1) is 0 Å². The lowest BCUT2D eigenvalue weighted by molar-refractivity contribution is 0.469. The van der Waals surface area contributed by atoms with Crippen molar-refractivity contribution >= 4 is 5.69 Å². The van der Waals surface area contributed by atoms with Gasteiger partial charge in [0.1, 0.15) is 11.5 Å². The van der Waals surface area contributed by atoms with Crippen molar-refractivity contribution in [1.29, 1.82) is 0 Å². The lowest BCUT2D eigenvalue weighted by Crippen LogP contribution is -1.88. The van der Waals surface area contributed by atoms with Gasteiger partial charge in [0, 0.05) is 29.1 Å². The zero-order valence-electron chi connectivity index (χ0n) is 16.8. The third kappa shape index (κ3) is 7.07. The van der Waals surface area contributed by atoms with Crippen molar-refractivity contribution in [2.45, 2.75) is 13.8 Å². The molecule has 0 saturated heterocycles. The minimum Gasteiger partial charge on any atom is -0.507 e. The van der Waals surface area contributed by atoms with Crippen LogP contribution in [0.2, 0.25) is 0 Å². The summed E-state index contributed by atoms with van der Waals surface area (Å²) in [6.07, 6.45) is 8.95. The van der Waals surface area contributed by atoms with Crippen LogP contribution in [0.1, 0.15) is 11.1 Å². The molecule has 0 atom stereocenters. The van der Waals surface area contributed by atoms with Crippen molar-refractivity contribution in [2.24, 2.45) is 0 Å². The third-order valence-electron chi connectivity index (χ3n) is 4.09. The fraction of sp³-hybridized carbons (Fsp3) is 0.0769. The summed E-state index contributed by atoms with van der Waals surface area (Å²) in [7, 11) is 0. The highest BCUT2D eigenvalue weighted by molar-refractivity contribution is 5.77. The van der Waals surface area contributed by atoms with E-state index in [1.807, 2.05) is 55.5 Å². The molecule has 0 unspecified atom stereocenters. The van der Waals surface area contributed by atoms with Crippen molar-refractivity contribution in [3.8, 4) is 22.6 Å². The van der Waals surface area contributed by atoms with E-state index in [2.05, 4.69) is 31.0 Å². The molecule has 3 N–H and O–H groups in total. The van der Waals surface area contributed by atoms with Gasteiger partial charge in [0.25, 0.3) is 0 Å². The number of allylic oxidation sites excluding steroid dienone is 4. The number of anilines is 1. The Balaban J connectivity index is 0.000000360. The van der Waals surface area contributed by atoms with Crippen LogP contribution >= 0.6 is 0 Å². The number of phenolic OH excluding ortho intramolecular Hbond substituents is 2. The van der Waals surface area contributed by atoms with Gasteiger partial charge in [0.15, 0.2) is 0 Å². The van der Waals surface area contributed by atoms with Gasteiger partial charge in [0.05, 0.1) is 0 Å². The normalized spacial score (nSPS) is 10.6. The van der Waals surface area contributed by atoms with E-state index in [0.717, 1.165) is 11.3 Å². The molecular weight excluding hydrogens is 358 g/mol. The van der Waals surface area contributed by atoms with Crippen molar-refractivity contribution in [3.63, 3.8) is 0 Å². The molecule has 3 heteroatoms. The predicted molar refractivity (Wildman–Crippen MR) is 123 cm³/mol. The van der Waals surface area contributed by atoms with Crippen LogP contribution < -0.4 is 5.32 Å². The second kappa shape index (κ2) is 11.2. The van der Waals surface area contributed by atoms with E-state index < -0.39 is 0 Å². The molecule has 29 heavy (non-hydrogen) atoms. The number of phenols is 2. The van der Waals surface area contributed by atoms with Crippen LogP contribution in [-0.4, -0.2) is 10.2 Å². The molecule has 3 rings (SSSR count). The summed E-state index contributed by atoms with van der Waals surface area (Å²) in [6, 6.07) is 20.9. The predicted octanol–water partition coefficient (Wildman–Crippen LogP) is 6.74. The fourth-order valence-electron chi connectivity index (χ4n) is 2.60. The molecule has 3 nitrogen and oxygen atoms in total. The number of hydrogen-bond donors (Lipinski definition) is 3. The van der Waals surface area contributed by atoms with E-state index in [4.69, 9.17) is 0 Å². The zero-order valence-corrected chi connectivity index (χ0v) is 16.8. The van der Waals surface area contributed by atoms with E-state index >= 15 is 0 Å². The number of benzene rings is 3. The van der Waals surface area contributed by atoms with E-state index in [0.29, 0.717) is 11.1 Å². The van der Waals surface area contributed by atoms with Crippen molar-refractivity contribution < 1.29 is 10.2 Å². The van der Waals surface area contributed by atoms with Crippen LogP contribution in [0.4, 0.5) is 5.69 Å². The van der Waals surface area contributed by atoms with Gasteiger partial charge in [-0.25, -0.2) is 0 Å². The molecule has 3 aromatic rings. The Kier molecular flexibility index (Phi) is 8.33. The first kappa shape index (κ1) is 21.6. The molecular formula is C26H27NO2. The highest BCUT2D eigenvalue weighted by Gasteiger charge is 2.09. The minimum absolute atomic E-state index is 0.110. The smallest absolute Gasteiger partial charge is 0.125 e. The molecule has 0 aliphatic heterocycles. The molecule has 0 fully saturated rings. The largest absolute Gasteiger partial charge is 0.507 e. The molecule has 0 saturated carbocycles. The molecule has 148 valence electrons. The summed E-state index contributed by atoms with van der Waals surface area (Å²) < 4.78 is 0. The Hall–Kier alpha value is -3.72. The van der Waals surface area contributed by atoms with E-state index in [1.165, 1.54) is 5.56 Å². The lowest BCUT2D eigenvalue weighted by atomic mass is 10.0. The highest BCUT2D eigenvalue weighted by Crippen LogP contribution is 2.37. The molecule has 0 radical (unpaired) electrons. The minimum atomic E-state index is 0.110. The van der Waals surface area contributed by atoms with Crippen molar-refractivity contribution in [2.75, 3.05) is 5.32 Å². The number of aromatic hydroxyl groups is 2.